The van der Waals surface area contributed by atoms with Crippen LogP contribution in [-0.2, 0) is 16.6 Å². The Kier molecular flexibility index (Phi) is 3.90. The summed E-state index contributed by atoms with van der Waals surface area (Å²) in [6.07, 6.45) is 2.98. The van der Waals surface area contributed by atoms with Gasteiger partial charge in [0, 0.05) is 21.2 Å². The van der Waals surface area contributed by atoms with Gasteiger partial charge in [-0.15, -0.1) is 11.3 Å². The van der Waals surface area contributed by atoms with E-state index in [0.29, 0.717) is 17.1 Å². The van der Waals surface area contributed by atoms with Gasteiger partial charge in [0.25, 0.3) is 10.0 Å². The Hall–Kier alpha value is -1.90. The van der Waals surface area contributed by atoms with Crippen LogP contribution in [0.1, 0.15) is 4.88 Å². The van der Waals surface area contributed by atoms with E-state index < -0.39 is 10.0 Å². The lowest BCUT2D eigenvalue weighted by Gasteiger charge is -2.06. The van der Waals surface area contributed by atoms with Crippen LogP contribution < -0.4 is 4.72 Å². The van der Waals surface area contributed by atoms with E-state index in [0.717, 1.165) is 15.0 Å². The summed E-state index contributed by atoms with van der Waals surface area (Å²) < 4.78 is 30.3. The molecular weight excluding hydrogens is 322 g/mol. The van der Waals surface area contributed by atoms with Crippen LogP contribution in [0.4, 0.5) is 5.69 Å². The van der Waals surface area contributed by atoms with Gasteiger partial charge in [-0.3, -0.25) is 9.40 Å². The Morgan fingerprint density at radius 1 is 1.36 bits per heavy atom. The molecule has 0 unspecified atom stereocenters. The van der Waals surface area contributed by atoms with E-state index in [1.807, 2.05) is 24.3 Å². The molecule has 2 N–H and O–H groups in total. The normalized spacial score (nSPS) is 11.9. The van der Waals surface area contributed by atoms with Gasteiger partial charge in [-0.25, -0.2) is 8.42 Å². The number of aryl methyl sites for hydroxylation is 1. The van der Waals surface area contributed by atoms with Crippen molar-refractivity contribution in [2.75, 3.05) is 11.3 Å². The number of hydrogen-bond acceptors (Lipinski definition) is 5. The van der Waals surface area contributed by atoms with Gasteiger partial charge >= 0.3 is 0 Å². The molecule has 3 aromatic rings. The average molecular weight is 337 g/mol. The summed E-state index contributed by atoms with van der Waals surface area (Å²) in [7, 11) is -3.68. The van der Waals surface area contributed by atoms with E-state index in [9.17, 15) is 8.42 Å². The molecule has 2 aromatic heterocycles. The molecule has 0 aliphatic rings. The van der Waals surface area contributed by atoms with E-state index in [4.69, 9.17) is 5.11 Å². The van der Waals surface area contributed by atoms with Gasteiger partial charge in [0.2, 0.25) is 0 Å². The van der Waals surface area contributed by atoms with E-state index in [1.54, 1.807) is 13.1 Å². The van der Waals surface area contributed by atoms with Crippen LogP contribution >= 0.6 is 11.3 Å². The maximum atomic E-state index is 12.7. The molecule has 0 fully saturated rings. The van der Waals surface area contributed by atoms with E-state index in [-0.39, 0.29) is 6.61 Å². The van der Waals surface area contributed by atoms with Crippen LogP contribution in [0.15, 0.2) is 41.6 Å². The Labute approximate surface area is 132 Å². The van der Waals surface area contributed by atoms with Gasteiger partial charge in [0.1, 0.15) is 4.90 Å². The second-order valence-corrected chi connectivity index (χ2v) is 7.68. The second-order valence-electron chi connectivity index (χ2n) is 4.80. The molecule has 0 saturated heterocycles. The SMILES string of the molecule is Cc1sc2ccccc2c1S(=O)(=O)Nc1cnn(CCO)c1. The first-order valence-electron chi connectivity index (χ1n) is 6.65. The summed E-state index contributed by atoms with van der Waals surface area (Å²) >= 11 is 1.46. The van der Waals surface area contributed by atoms with Gasteiger partial charge < -0.3 is 5.11 Å². The predicted molar refractivity (Wildman–Crippen MR) is 86.7 cm³/mol. The quantitative estimate of drug-likeness (QED) is 0.747. The van der Waals surface area contributed by atoms with Gasteiger partial charge in [-0.2, -0.15) is 5.10 Å². The predicted octanol–water partition coefficient (Wildman–Crippen LogP) is 2.20. The monoisotopic (exact) mass is 337 g/mol. The average Bonchev–Trinajstić information content (AvgIpc) is 3.01. The highest BCUT2D eigenvalue weighted by Gasteiger charge is 2.23. The molecule has 1 aromatic carbocycles. The van der Waals surface area contributed by atoms with E-state index in [2.05, 4.69) is 9.82 Å². The molecule has 2 heterocycles. The molecule has 8 heteroatoms. The van der Waals surface area contributed by atoms with Crippen molar-refractivity contribution < 1.29 is 13.5 Å². The second kappa shape index (κ2) is 5.71. The fourth-order valence-corrected chi connectivity index (χ4v) is 5.17. The third kappa shape index (κ3) is 2.72. The molecule has 3 rings (SSSR count). The number of nitrogens with zero attached hydrogens (tertiary/aromatic N) is 2. The number of hydrogen-bond donors (Lipinski definition) is 2. The molecule has 0 atom stereocenters. The van der Waals surface area contributed by atoms with Crippen molar-refractivity contribution in [1.82, 2.24) is 9.78 Å². The Morgan fingerprint density at radius 3 is 2.91 bits per heavy atom. The summed E-state index contributed by atoms with van der Waals surface area (Å²) in [6.45, 7) is 2.07. The summed E-state index contributed by atoms with van der Waals surface area (Å²) in [6, 6.07) is 7.43. The lowest BCUT2D eigenvalue weighted by molar-refractivity contribution is 0.269. The first-order valence-corrected chi connectivity index (χ1v) is 8.95. The van der Waals surface area contributed by atoms with Crippen molar-refractivity contribution in [3.63, 3.8) is 0 Å². The summed E-state index contributed by atoms with van der Waals surface area (Å²) in [5.41, 5.74) is 0.378. The number of sulfonamides is 1. The first-order chi connectivity index (χ1) is 10.5. The largest absolute Gasteiger partial charge is 0.394 e. The van der Waals surface area contributed by atoms with E-state index >= 15 is 0 Å². The third-order valence-corrected chi connectivity index (χ3v) is 5.98. The highest BCUT2D eigenvalue weighted by Crippen LogP contribution is 2.34. The molecule has 0 amide bonds. The van der Waals surface area contributed by atoms with Gasteiger partial charge in [0.15, 0.2) is 0 Å². The van der Waals surface area contributed by atoms with Crippen LogP contribution in [0.25, 0.3) is 10.1 Å². The smallest absolute Gasteiger partial charge is 0.263 e. The fourth-order valence-electron chi connectivity index (χ4n) is 2.33. The molecule has 0 radical (unpaired) electrons. The molecule has 22 heavy (non-hydrogen) atoms. The number of fused-ring (bicyclic) bond motifs is 1. The zero-order chi connectivity index (χ0) is 15.7. The minimum Gasteiger partial charge on any atom is -0.394 e. The zero-order valence-electron chi connectivity index (χ0n) is 11.9. The van der Waals surface area contributed by atoms with Crippen LogP contribution in [0.3, 0.4) is 0 Å². The van der Waals surface area contributed by atoms with E-state index in [1.165, 1.54) is 22.2 Å². The number of rotatable bonds is 5. The standard InChI is InChI=1S/C14H15N3O3S2/c1-10-14(12-4-2-3-5-13(12)21-10)22(19,20)16-11-8-15-17(9-11)6-7-18/h2-5,8-9,16,18H,6-7H2,1H3. The van der Waals surface area contributed by atoms with Gasteiger partial charge in [-0.1, -0.05) is 18.2 Å². The number of aromatic nitrogens is 2. The molecule has 6 nitrogen and oxygen atoms in total. The Bertz CT molecular complexity index is 912. The number of anilines is 1. The maximum absolute atomic E-state index is 12.7. The van der Waals surface area contributed by atoms with Crippen LogP contribution in [-0.4, -0.2) is 29.9 Å². The fraction of sp³-hybridized carbons (Fsp3) is 0.214. The summed E-state index contributed by atoms with van der Waals surface area (Å²) in [5.74, 6) is 0. The molecular formula is C14H15N3O3S2. The first kappa shape index (κ1) is 15.0. The van der Waals surface area contributed by atoms with Crippen LogP contribution in [0.2, 0.25) is 0 Å². The topological polar surface area (TPSA) is 84.2 Å². The minimum absolute atomic E-state index is 0.0534. The van der Waals surface area contributed by atoms with Crippen molar-refractivity contribution in [2.24, 2.45) is 0 Å². The van der Waals surface area contributed by atoms with Crippen molar-refractivity contribution in [1.29, 1.82) is 0 Å². The Morgan fingerprint density at radius 2 is 2.14 bits per heavy atom. The number of nitrogens with one attached hydrogen (secondary N) is 1. The Balaban J connectivity index is 1.99. The van der Waals surface area contributed by atoms with Gasteiger partial charge in [0.05, 0.1) is 25.0 Å². The highest BCUT2D eigenvalue weighted by molar-refractivity contribution is 7.93. The zero-order valence-corrected chi connectivity index (χ0v) is 13.5. The molecule has 0 aliphatic heterocycles. The number of benzene rings is 1. The molecule has 0 spiro atoms. The van der Waals surface area contributed by atoms with Crippen molar-refractivity contribution >= 4 is 37.1 Å². The maximum Gasteiger partial charge on any atom is 0.263 e. The van der Waals surface area contributed by atoms with Crippen LogP contribution in [0.5, 0.6) is 0 Å². The van der Waals surface area contributed by atoms with Gasteiger partial charge in [-0.05, 0) is 13.0 Å². The number of aliphatic hydroxyl groups excluding tert-OH is 1. The number of aliphatic hydroxyl groups is 1. The van der Waals surface area contributed by atoms with Crippen molar-refractivity contribution in [2.45, 2.75) is 18.4 Å². The molecule has 0 bridgehead atoms. The summed E-state index contributed by atoms with van der Waals surface area (Å²) in [4.78, 5) is 1.06. The molecule has 0 aliphatic carbocycles. The lowest BCUT2D eigenvalue weighted by atomic mass is 10.2. The van der Waals surface area contributed by atoms with Crippen molar-refractivity contribution in [3.8, 4) is 0 Å². The number of thiophene rings is 1. The molecule has 116 valence electrons. The highest BCUT2D eigenvalue weighted by atomic mass is 32.2. The van der Waals surface area contributed by atoms with Crippen molar-refractivity contribution in [3.05, 3.63) is 41.5 Å². The lowest BCUT2D eigenvalue weighted by Crippen LogP contribution is -2.13. The minimum atomic E-state index is -3.68. The third-order valence-electron chi connectivity index (χ3n) is 3.20. The summed E-state index contributed by atoms with van der Waals surface area (Å²) in [5, 5.41) is 13.6. The molecule has 0 saturated carbocycles. The van der Waals surface area contributed by atoms with Crippen LogP contribution in [0, 0.1) is 6.92 Å².